The topological polar surface area (TPSA) is 100 Å². The summed E-state index contributed by atoms with van der Waals surface area (Å²) in [6.45, 7) is 2.81. The Kier molecular flexibility index (Phi) is 6.38. The van der Waals surface area contributed by atoms with E-state index < -0.39 is 37.0 Å². The molecule has 10 heteroatoms. The molecular weight excluding hydrogens is 331 g/mol. The number of ether oxygens (including phenoxy) is 1. The molecule has 1 aromatic heterocycles. The maximum absolute atomic E-state index is 12.0. The van der Waals surface area contributed by atoms with Crippen molar-refractivity contribution in [2.75, 3.05) is 19.7 Å². The van der Waals surface area contributed by atoms with Crippen LogP contribution in [0.2, 0.25) is 0 Å². The molecule has 2 amide bonds. The Morgan fingerprint density at radius 3 is 2.33 bits per heavy atom. The maximum atomic E-state index is 12.0. The van der Waals surface area contributed by atoms with E-state index in [1.807, 2.05) is 0 Å². The van der Waals surface area contributed by atoms with E-state index in [-0.39, 0.29) is 17.9 Å². The molecule has 0 unspecified atom stereocenters. The standard InChI is InChI=1S/C14H18F3N3O4/c1-4-24-13(23)10-7(2)11(20-8(10)3)12(22)18-5-9(21)19-6-14(15,16)17/h20H,4-6H2,1-3H3,(H,18,22)(H,19,21). The first-order valence-corrected chi connectivity index (χ1v) is 7.04. The number of aryl methyl sites for hydroxylation is 1. The van der Waals surface area contributed by atoms with Gasteiger partial charge in [0.15, 0.2) is 0 Å². The Bertz CT molecular complexity index is 638. The number of alkyl halides is 3. The van der Waals surface area contributed by atoms with Crippen molar-refractivity contribution < 1.29 is 32.3 Å². The van der Waals surface area contributed by atoms with Crippen molar-refractivity contribution in [3.63, 3.8) is 0 Å². The molecule has 0 spiro atoms. The van der Waals surface area contributed by atoms with Gasteiger partial charge in [0.25, 0.3) is 5.91 Å². The number of aromatic nitrogens is 1. The molecule has 0 fully saturated rings. The molecule has 0 saturated heterocycles. The number of aromatic amines is 1. The Morgan fingerprint density at radius 1 is 1.17 bits per heavy atom. The second-order valence-corrected chi connectivity index (χ2v) is 4.92. The van der Waals surface area contributed by atoms with Gasteiger partial charge in [-0.15, -0.1) is 0 Å². The first kappa shape index (κ1) is 19.5. The quantitative estimate of drug-likeness (QED) is 0.672. The molecule has 134 valence electrons. The summed E-state index contributed by atoms with van der Waals surface area (Å²) in [7, 11) is 0. The van der Waals surface area contributed by atoms with Gasteiger partial charge in [-0.1, -0.05) is 0 Å². The van der Waals surface area contributed by atoms with E-state index in [1.165, 1.54) is 6.92 Å². The van der Waals surface area contributed by atoms with E-state index in [0.29, 0.717) is 11.3 Å². The number of carbonyl (C=O) groups excluding carboxylic acids is 3. The third-order valence-electron chi connectivity index (χ3n) is 3.04. The minimum absolute atomic E-state index is 0.0409. The monoisotopic (exact) mass is 349 g/mol. The van der Waals surface area contributed by atoms with E-state index in [1.54, 1.807) is 19.2 Å². The fraction of sp³-hybridized carbons (Fsp3) is 0.500. The predicted molar refractivity (Wildman–Crippen MR) is 77.6 cm³/mol. The highest BCUT2D eigenvalue weighted by atomic mass is 19.4. The highest BCUT2D eigenvalue weighted by Gasteiger charge is 2.28. The SMILES string of the molecule is CCOC(=O)c1c(C)[nH]c(C(=O)NCC(=O)NCC(F)(F)F)c1C. The molecule has 1 rings (SSSR count). The van der Waals surface area contributed by atoms with Crippen LogP contribution in [0.25, 0.3) is 0 Å². The van der Waals surface area contributed by atoms with Crippen LogP contribution in [0, 0.1) is 13.8 Å². The molecule has 0 aliphatic rings. The van der Waals surface area contributed by atoms with Gasteiger partial charge in [-0.05, 0) is 26.3 Å². The van der Waals surface area contributed by atoms with Gasteiger partial charge in [0, 0.05) is 5.69 Å². The molecule has 0 aliphatic heterocycles. The van der Waals surface area contributed by atoms with Crippen LogP contribution in [0.15, 0.2) is 0 Å². The molecule has 1 aromatic rings. The third-order valence-corrected chi connectivity index (χ3v) is 3.04. The van der Waals surface area contributed by atoms with Crippen LogP contribution in [0.1, 0.15) is 39.0 Å². The number of carbonyl (C=O) groups is 3. The van der Waals surface area contributed by atoms with Crippen molar-refractivity contribution in [2.45, 2.75) is 26.9 Å². The number of amides is 2. The molecule has 0 saturated carbocycles. The Hall–Kier alpha value is -2.52. The number of H-pyrrole nitrogens is 1. The van der Waals surface area contributed by atoms with Crippen LogP contribution in [-0.2, 0) is 9.53 Å². The largest absolute Gasteiger partial charge is 0.462 e. The van der Waals surface area contributed by atoms with E-state index in [2.05, 4.69) is 10.3 Å². The number of hydrogen-bond acceptors (Lipinski definition) is 4. The Morgan fingerprint density at radius 2 is 1.79 bits per heavy atom. The first-order valence-electron chi connectivity index (χ1n) is 7.04. The van der Waals surface area contributed by atoms with Crippen molar-refractivity contribution in [3.8, 4) is 0 Å². The highest BCUT2D eigenvalue weighted by molar-refractivity contribution is 6.01. The van der Waals surface area contributed by atoms with Crippen molar-refractivity contribution in [3.05, 3.63) is 22.5 Å². The summed E-state index contributed by atoms with van der Waals surface area (Å²) in [4.78, 5) is 37.8. The van der Waals surface area contributed by atoms with Crippen LogP contribution < -0.4 is 10.6 Å². The summed E-state index contributed by atoms with van der Waals surface area (Å²) in [6, 6.07) is 0. The summed E-state index contributed by atoms with van der Waals surface area (Å²) in [6.07, 6.45) is -4.53. The summed E-state index contributed by atoms with van der Waals surface area (Å²) < 4.78 is 40.8. The lowest BCUT2D eigenvalue weighted by atomic mass is 10.1. The second-order valence-electron chi connectivity index (χ2n) is 4.92. The van der Waals surface area contributed by atoms with Crippen LogP contribution in [-0.4, -0.2) is 48.6 Å². The fourth-order valence-electron chi connectivity index (χ4n) is 2.00. The van der Waals surface area contributed by atoms with Crippen LogP contribution >= 0.6 is 0 Å². The van der Waals surface area contributed by atoms with Crippen LogP contribution in [0.4, 0.5) is 13.2 Å². The zero-order chi connectivity index (χ0) is 18.5. The van der Waals surface area contributed by atoms with Crippen molar-refractivity contribution >= 4 is 17.8 Å². The van der Waals surface area contributed by atoms with Gasteiger partial charge in [-0.3, -0.25) is 9.59 Å². The minimum Gasteiger partial charge on any atom is -0.462 e. The Balaban J connectivity index is 2.71. The highest BCUT2D eigenvalue weighted by Crippen LogP contribution is 2.19. The summed E-state index contributed by atoms with van der Waals surface area (Å²) in [5, 5.41) is 3.82. The lowest BCUT2D eigenvalue weighted by Crippen LogP contribution is -2.41. The van der Waals surface area contributed by atoms with E-state index in [9.17, 15) is 27.6 Å². The van der Waals surface area contributed by atoms with Crippen LogP contribution in [0.3, 0.4) is 0 Å². The molecule has 0 aliphatic carbocycles. The lowest BCUT2D eigenvalue weighted by Gasteiger charge is -2.09. The Labute approximate surface area is 135 Å². The van der Waals surface area contributed by atoms with Crippen molar-refractivity contribution in [2.24, 2.45) is 0 Å². The molecule has 0 aromatic carbocycles. The number of halogens is 3. The lowest BCUT2D eigenvalue weighted by molar-refractivity contribution is -0.137. The van der Waals surface area contributed by atoms with Crippen LogP contribution in [0.5, 0.6) is 0 Å². The number of esters is 1. The molecule has 7 nitrogen and oxygen atoms in total. The van der Waals surface area contributed by atoms with Gasteiger partial charge in [0.2, 0.25) is 5.91 Å². The molecule has 1 heterocycles. The van der Waals surface area contributed by atoms with E-state index in [0.717, 1.165) is 0 Å². The molecular formula is C14H18F3N3O4. The van der Waals surface area contributed by atoms with E-state index in [4.69, 9.17) is 4.74 Å². The maximum Gasteiger partial charge on any atom is 0.405 e. The van der Waals surface area contributed by atoms with Gasteiger partial charge < -0.3 is 20.4 Å². The second kappa shape index (κ2) is 7.84. The average Bonchev–Trinajstić information content (AvgIpc) is 2.77. The smallest absolute Gasteiger partial charge is 0.405 e. The number of hydrogen-bond donors (Lipinski definition) is 3. The molecule has 0 atom stereocenters. The van der Waals surface area contributed by atoms with Gasteiger partial charge in [-0.2, -0.15) is 13.2 Å². The van der Waals surface area contributed by atoms with Crippen molar-refractivity contribution in [1.82, 2.24) is 15.6 Å². The van der Waals surface area contributed by atoms with E-state index >= 15 is 0 Å². The summed E-state index contributed by atoms with van der Waals surface area (Å²) in [5.74, 6) is -2.29. The first-order chi connectivity index (χ1) is 11.1. The fourth-order valence-corrected chi connectivity index (χ4v) is 2.00. The average molecular weight is 349 g/mol. The van der Waals surface area contributed by atoms with Crippen molar-refractivity contribution in [1.29, 1.82) is 0 Å². The molecule has 0 bridgehead atoms. The van der Waals surface area contributed by atoms with Gasteiger partial charge in [0.05, 0.1) is 18.7 Å². The molecule has 24 heavy (non-hydrogen) atoms. The number of nitrogens with one attached hydrogen (secondary N) is 3. The normalized spacial score (nSPS) is 11.1. The summed E-state index contributed by atoms with van der Waals surface area (Å²) in [5.41, 5.74) is 1.000. The van der Waals surface area contributed by atoms with Gasteiger partial charge in [0.1, 0.15) is 12.2 Å². The zero-order valence-corrected chi connectivity index (χ0v) is 13.4. The zero-order valence-electron chi connectivity index (χ0n) is 13.4. The molecule has 0 radical (unpaired) electrons. The predicted octanol–water partition coefficient (Wildman–Crippen LogP) is 1.22. The third kappa shape index (κ3) is 5.28. The number of rotatable bonds is 6. The molecule has 3 N–H and O–H groups in total. The minimum atomic E-state index is -4.53. The summed E-state index contributed by atoms with van der Waals surface area (Å²) >= 11 is 0. The van der Waals surface area contributed by atoms with Gasteiger partial charge in [-0.25, -0.2) is 4.79 Å². The van der Waals surface area contributed by atoms with Gasteiger partial charge >= 0.3 is 12.1 Å².